The second-order valence-corrected chi connectivity index (χ2v) is 22.8. The average Bonchev–Trinajstić information content (AvgIpc) is 4.18. The number of ether oxygens (including phenoxy) is 4. The van der Waals surface area contributed by atoms with E-state index in [1.807, 2.05) is 25.3 Å². The Morgan fingerprint density at radius 1 is 0.971 bits per heavy atom. The highest BCUT2D eigenvalue weighted by Crippen LogP contribution is 2.65. The first kappa shape index (κ1) is 48.9. The molecule has 10 rings (SSSR count). The van der Waals surface area contributed by atoms with Crippen molar-refractivity contribution in [3.05, 3.63) is 53.6 Å². The summed E-state index contributed by atoms with van der Waals surface area (Å²) >= 11 is 0. The summed E-state index contributed by atoms with van der Waals surface area (Å²) in [5.41, 5.74) is 1.41. The van der Waals surface area contributed by atoms with Crippen LogP contribution in [0.3, 0.4) is 0 Å². The number of fused-ring (bicyclic) bond motifs is 9. The molecular weight excluding hydrogens is 877 g/mol. The fourth-order valence-electron chi connectivity index (χ4n) is 15.8. The molecule has 12 unspecified atom stereocenters. The van der Waals surface area contributed by atoms with Crippen molar-refractivity contribution in [1.82, 2.24) is 10.6 Å². The van der Waals surface area contributed by atoms with Gasteiger partial charge in [0.1, 0.15) is 11.7 Å². The van der Waals surface area contributed by atoms with E-state index in [0.717, 1.165) is 88.3 Å². The predicted octanol–water partition coefficient (Wildman–Crippen LogP) is 10.2. The Bertz CT molecular complexity index is 2430. The van der Waals surface area contributed by atoms with Gasteiger partial charge in [0.2, 0.25) is 11.7 Å². The van der Waals surface area contributed by atoms with Gasteiger partial charge >= 0.3 is 0 Å². The summed E-state index contributed by atoms with van der Waals surface area (Å²) in [5.74, 6) is 11.9. The molecule has 2 aromatic carbocycles. The van der Waals surface area contributed by atoms with Gasteiger partial charge in [0.05, 0.1) is 18.9 Å². The minimum atomic E-state index is -0.823. The second kappa shape index (κ2) is 20.8. The Balaban J connectivity index is 1.10. The zero-order chi connectivity index (χ0) is 48.5. The number of allylic oxidation sites excluding steroid dienone is 2. The summed E-state index contributed by atoms with van der Waals surface area (Å²) in [6.07, 6.45) is 27.0. The van der Waals surface area contributed by atoms with Crippen LogP contribution >= 0.6 is 0 Å². The molecule has 5 N–H and O–H groups in total. The van der Waals surface area contributed by atoms with Crippen molar-refractivity contribution in [2.24, 2.45) is 57.8 Å². The van der Waals surface area contributed by atoms with Gasteiger partial charge in [-0.2, -0.15) is 0 Å². The summed E-state index contributed by atoms with van der Waals surface area (Å²) in [6.45, 7) is 2.98. The van der Waals surface area contributed by atoms with Crippen molar-refractivity contribution < 1.29 is 34.0 Å². The molecule has 376 valence electrons. The lowest BCUT2D eigenvalue weighted by Crippen LogP contribution is -2.51. The Morgan fingerprint density at radius 3 is 2.63 bits per heavy atom. The Labute approximate surface area is 417 Å². The van der Waals surface area contributed by atoms with E-state index >= 15 is 4.79 Å². The first-order valence-electron chi connectivity index (χ1n) is 27.2. The minimum absolute atomic E-state index is 0.0421. The summed E-state index contributed by atoms with van der Waals surface area (Å²) in [7, 11) is 5.33. The normalized spacial score (nSPS) is 35.7. The van der Waals surface area contributed by atoms with Gasteiger partial charge in [-0.15, -0.1) is 0 Å². The zero-order valence-corrected chi connectivity index (χ0v) is 42.3. The number of methoxy groups -OCH3 is 1. The molecule has 0 radical (unpaired) electrons. The largest absolute Gasteiger partial charge is 0.504 e. The Hall–Kier alpha value is -4.68. The fraction of sp³-hybridized carbons (Fsp3) is 0.661. The molecule has 11 heteroatoms. The maximum absolute atomic E-state index is 15.6. The van der Waals surface area contributed by atoms with Crippen LogP contribution in [0, 0.1) is 76.7 Å². The van der Waals surface area contributed by atoms with Crippen LogP contribution in [0.4, 0.5) is 5.69 Å². The lowest BCUT2D eigenvalue weighted by molar-refractivity contribution is -0.145. The number of likely N-dealkylation sites (N-methyl/N-ethyl adjacent to an activating group) is 1. The summed E-state index contributed by atoms with van der Waals surface area (Å²) in [4.78, 5) is 20.3. The molecular formula is C59H78N4O7. The fourth-order valence-corrected chi connectivity index (χ4v) is 15.8. The van der Waals surface area contributed by atoms with Crippen LogP contribution in [-0.4, -0.2) is 67.7 Å². The number of hydrogen-bond acceptors (Lipinski definition) is 9. The van der Waals surface area contributed by atoms with E-state index < -0.39 is 17.3 Å². The standard InChI is InChI=1S/C59H78N4O7/c1-5-38-18-20-40-30-44-14-9-25-59(44)45-32-49(55-52(33-45)70-57(37-60-2)35-41(12-11-27-68-55)42(36-57)31-54(66)69-46-16-6-7-17-46)63-56(61-3)62-26-10-15-43-13-8-24-58(43,53(65)23-21-48(59)47(40)28-38)34-39-19-22-50(64)51(29-39)67-4/h19,21-23,29,32-33,38,40-44,46-48,54,60,64,66H,5-9,12-18,20,24-25,28,30-31,34-37H2,1-4H3,(H2,61,62,63). The highest BCUT2D eigenvalue weighted by molar-refractivity contribution is 5.97. The van der Waals surface area contributed by atoms with Crippen LogP contribution in [0.5, 0.6) is 23.0 Å². The number of rotatable bonds is 10. The number of benzene rings is 2. The number of ketones is 1. The molecule has 6 aliphatic carbocycles. The summed E-state index contributed by atoms with van der Waals surface area (Å²) in [6, 6.07) is 13.3. The molecule has 8 aliphatic rings. The number of aliphatic hydroxyl groups is 1. The molecule has 11 nitrogen and oxygen atoms in total. The topological polar surface area (TPSA) is 143 Å². The van der Waals surface area contributed by atoms with E-state index in [-0.39, 0.29) is 46.7 Å². The van der Waals surface area contributed by atoms with Crippen LogP contribution in [0.25, 0.3) is 0 Å². The first-order valence-corrected chi connectivity index (χ1v) is 27.2. The number of hydrogen-bond donors (Lipinski definition) is 5. The van der Waals surface area contributed by atoms with Crippen molar-refractivity contribution in [1.29, 1.82) is 0 Å². The van der Waals surface area contributed by atoms with Gasteiger partial charge < -0.3 is 39.8 Å². The Kier molecular flexibility index (Phi) is 14.5. The third kappa shape index (κ3) is 9.45. The molecule has 4 bridgehead atoms. The number of nitrogens with one attached hydrogen (secondary N) is 3. The molecule has 0 amide bonds. The first-order chi connectivity index (χ1) is 34.1. The second-order valence-electron chi connectivity index (χ2n) is 22.8. The number of carbonyl (C=O) groups is 1. The van der Waals surface area contributed by atoms with Gasteiger partial charge in [0.25, 0.3) is 0 Å². The molecule has 1 spiro atoms. The lowest BCUT2D eigenvalue weighted by Gasteiger charge is -2.55. The lowest BCUT2D eigenvalue weighted by atomic mass is 9.48. The molecule has 6 saturated carbocycles. The van der Waals surface area contributed by atoms with Crippen LogP contribution < -0.4 is 30.2 Å². The number of phenolic OH excluding ortho intramolecular Hbond substituents is 1. The van der Waals surface area contributed by atoms with E-state index in [0.29, 0.717) is 79.1 Å². The van der Waals surface area contributed by atoms with Crippen LogP contribution in [0.2, 0.25) is 0 Å². The van der Waals surface area contributed by atoms with E-state index in [4.69, 9.17) is 18.9 Å². The van der Waals surface area contributed by atoms with E-state index in [1.54, 1.807) is 20.2 Å². The number of phenols is 1. The molecule has 2 aromatic rings. The monoisotopic (exact) mass is 955 g/mol. The van der Waals surface area contributed by atoms with Crippen molar-refractivity contribution in [3.8, 4) is 47.0 Å². The quantitative estimate of drug-likeness (QED) is 0.115. The number of anilines is 1. The van der Waals surface area contributed by atoms with E-state index in [1.165, 1.54) is 37.7 Å². The molecule has 0 aromatic heterocycles. The average molecular weight is 955 g/mol. The van der Waals surface area contributed by atoms with Gasteiger partial charge in [-0.3, -0.25) is 15.1 Å². The van der Waals surface area contributed by atoms with E-state index in [2.05, 4.69) is 70.1 Å². The van der Waals surface area contributed by atoms with Crippen molar-refractivity contribution in [2.75, 3.05) is 33.1 Å². The van der Waals surface area contributed by atoms with Crippen LogP contribution in [-0.2, 0) is 21.4 Å². The molecule has 6 fully saturated rings. The van der Waals surface area contributed by atoms with Crippen LogP contribution in [0.1, 0.15) is 146 Å². The van der Waals surface area contributed by atoms with Gasteiger partial charge in [-0.25, -0.2) is 0 Å². The van der Waals surface area contributed by atoms with Crippen molar-refractivity contribution >= 4 is 17.4 Å². The van der Waals surface area contributed by atoms with Crippen molar-refractivity contribution in [2.45, 2.75) is 165 Å². The Morgan fingerprint density at radius 2 is 1.81 bits per heavy atom. The number of nitrogens with zero attached hydrogens (tertiary/aromatic N) is 1. The van der Waals surface area contributed by atoms with E-state index in [9.17, 15) is 10.2 Å². The predicted molar refractivity (Wildman–Crippen MR) is 273 cm³/mol. The number of aromatic hydroxyl groups is 1. The maximum Gasteiger partial charge on any atom is 0.207 e. The molecule has 2 aliphatic heterocycles. The molecule has 12 atom stereocenters. The maximum atomic E-state index is 15.6. The summed E-state index contributed by atoms with van der Waals surface area (Å²) in [5, 5.41) is 32.4. The third-order valence-electron chi connectivity index (χ3n) is 19.1. The smallest absolute Gasteiger partial charge is 0.207 e. The number of aliphatic imine (C=N–C) groups is 1. The zero-order valence-electron chi connectivity index (χ0n) is 42.3. The highest BCUT2D eigenvalue weighted by Gasteiger charge is 2.58. The van der Waals surface area contributed by atoms with Crippen LogP contribution in [0.15, 0.2) is 47.5 Å². The van der Waals surface area contributed by atoms with Gasteiger partial charge in [0, 0.05) is 49.7 Å². The third-order valence-corrected chi connectivity index (χ3v) is 19.1. The number of aliphatic hydroxyl groups excluding tert-OH is 1. The number of carbonyl (C=O) groups excluding carboxylic acids is 1. The van der Waals surface area contributed by atoms with Gasteiger partial charge in [-0.05, 0) is 173 Å². The molecule has 70 heavy (non-hydrogen) atoms. The SMILES string of the molecule is CCC1CCC2CC3CCCC34c3cc(c5c(c3)OC3(CNC)CC(CC#CO5)C(CC(O)OC5CCCC5)C3)NC(=NC)NC#CCC3CCCC3(Cc3ccc(O)c(OC)c3)C(=O)C=CC4C2C1. The minimum Gasteiger partial charge on any atom is -0.504 e. The highest BCUT2D eigenvalue weighted by atomic mass is 16.6. The molecule has 2 heterocycles. The van der Waals surface area contributed by atoms with Crippen molar-refractivity contribution in [3.63, 3.8) is 0 Å². The van der Waals surface area contributed by atoms with Gasteiger partial charge in [0.15, 0.2) is 29.3 Å². The summed E-state index contributed by atoms with van der Waals surface area (Å²) < 4.78 is 26.0. The van der Waals surface area contributed by atoms with Gasteiger partial charge in [-0.1, -0.05) is 69.4 Å². The molecule has 0 saturated heterocycles. The number of guanidine groups is 1.